The van der Waals surface area contributed by atoms with Gasteiger partial charge in [-0.15, -0.1) is 11.3 Å². The van der Waals surface area contributed by atoms with E-state index < -0.39 is 5.97 Å². The van der Waals surface area contributed by atoms with Gasteiger partial charge in [0.2, 0.25) is 11.8 Å². The van der Waals surface area contributed by atoms with E-state index in [1.165, 1.54) is 36.2 Å². The number of thioether (sulfide) groups is 1. The van der Waals surface area contributed by atoms with Gasteiger partial charge in [-0.25, -0.2) is 4.98 Å². The number of nitrogens with zero attached hydrogens (tertiary/aromatic N) is 3. The van der Waals surface area contributed by atoms with Crippen LogP contribution in [0, 0.1) is 0 Å². The van der Waals surface area contributed by atoms with Gasteiger partial charge < -0.3 is 19.4 Å². The minimum absolute atomic E-state index is 0.00416. The number of carbonyl (C=O) groups excluding carboxylic acids is 3. The molecular weight excluding hydrogens is 468 g/mol. The SMILES string of the molecule is COC(=O)CNC(=O)CSc1nc2sc3c(c2c(=O)n1Cc1ccco1)CCN(C(C)=O)C3. The molecular formula is C21H22N4O6S2. The monoisotopic (exact) mass is 490 g/mol. The van der Waals surface area contributed by atoms with Gasteiger partial charge in [-0.2, -0.15) is 0 Å². The van der Waals surface area contributed by atoms with E-state index in [0.717, 1.165) is 22.2 Å². The van der Waals surface area contributed by atoms with E-state index in [9.17, 15) is 19.2 Å². The number of esters is 1. The Kier molecular flexibility index (Phi) is 6.84. The number of rotatable bonds is 7. The van der Waals surface area contributed by atoms with E-state index in [1.54, 1.807) is 17.0 Å². The lowest BCUT2D eigenvalue weighted by molar-refractivity contribution is -0.140. The Morgan fingerprint density at radius 1 is 1.36 bits per heavy atom. The van der Waals surface area contributed by atoms with Crippen LogP contribution in [0.15, 0.2) is 32.8 Å². The summed E-state index contributed by atoms with van der Waals surface area (Å²) in [5, 5.41) is 3.41. The summed E-state index contributed by atoms with van der Waals surface area (Å²) in [5.41, 5.74) is 0.730. The highest BCUT2D eigenvalue weighted by Crippen LogP contribution is 2.33. The van der Waals surface area contributed by atoms with Gasteiger partial charge in [-0.1, -0.05) is 11.8 Å². The molecule has 0 radical (unpaired) electrons. The van der Waals surface area contributed by atoms with Gasteiger partial charge in [0.15, 0.2) is 5.16 Å². The summed E-state index contributed by atoms with van der Waals surface area (Å²) >= 11 is 2.51. The Morgan fingerprint density at radius 2 is 2.18 bits per heavy atom. The molecule has 174 valence electrons. The number of carbonyl (C=O) groups is 3. The maximum atomic E-state index is 13.6. The van der Waals surface area contributed by atoms with E-state index >= 15 is 0 Å². The number of ether oxygens (including phenoxy) is 1. The van der Waals surface area contributed by atoms with Crippen molar-refractivity contribution in [3.63, 3.8) is 0 Å². The van der Waals surface area contributed by atoms with Crippen LogP contribution in [0.4, 0.5) is 0 Å². The lowest BCUT2D eigenvalue weighted by Gasteiger charge is -2.25. The highest BCUT2D eigenvalue weighted by atomic mass is 32.2. The van der Waals surface area contributed by atoms with E-state index in [2.05, 4.69) is 10.1 Å². The van der Waals surface area contributed by atoms with Crippen molar-refractivity contribution in [3.8, 4) is 0 Å². The van der Waals surface area contributed by atoms with Crippen LogP contribution in [0.25, 0.3) is 10.2 Å². The fourth-order valence-electron chi connectivity index (χ4n) is 3.56. The van der Waals surface area contributed by atoms with Crippen molar-refractivity contribution in [1.29, 1.82) is 0 Å². The molecule has 0 aliphatic carbocycles. The van der Waals surface area contributed by atoms with E-state index in [4.69, 9.17) is 9.40 Å². The minimum atomic E-state index is -0.550. The number of thiophene rings is 1. The molecule has 0 bridgehead atoms. The van der Waals surface area contributed by atoms with Crippen LogP contribution in [-0.2, 0) is 38.6 Å². The van der Waals surface area contributed by atoms with E-state index in [-0.39, 0.29) is 36.2 Å². The zero-order chi connectivity index (χ0) is 23.5. The fourth-order valence-corrected chi connectivity index (χ4v) is 5.66. The molecule has 1 aliphatic rings. The lowest BCUT2D eigenvalue weighted by atomic mass is 10.1. The van der Waals surface area contributed by atoms with Gasteiger partial charge >= 0.3 is 5.97 Å². The number of fused-ring (bicyclic) bond motifs is 3. The molecule has 4 heterocycles. The third-order valence-electron chi connectivity index (χ3n) is 5.25. The third kappa shape index (κ3) is 4.96. The molecule has 0 atom stereocenters. The number of amides is 2. The average molecular weight is 491 g/mol. The van der Waals surface area contributed by atoms with Crippen LogP contribution >= 0.6 is 23.1 Å². The van der Waals surface area contributed by atoms with Gasteiger partial charge in [0.25, 0.3) is 5.56 Å². The molecule has 10 nitrogen and oxygen atoms in total. The second-order valence-electron chi connectivity index (χ2n) is 7.38. The summed E-state index contributed by atoms with van der Waals surface area (Å²) in [4.78, 5) is 56.8. The second kappa shape index (κ2) is 9.79. The highest BCUT2D eigenvalue weighted by Gasteiger charge is 2.26. The fraction of sp³-hybridized carbons (Fsp3) is 0.381. The zero-order valence-electron chi connectivity index (χ0n) is 18.1. The molecule has 1 N–H and O–H groups in total. The Hall–Kier alpha value is -3.12. The van der Waals surface area contributed by atoms with E-state index in [1.807, 2.05) is 0 Å². The number of furan rings is 1. The lowest BCUT2D eigenvalue weighted by Crippen LogP contribution is -2.34. The highest BCUT2D eigenvalue weighted by molar-refractivity contribution is 7.99. The number of methoxy groups -OCH3 is 1. The van der Waals surface area contributed by atoms with Gasteiger partial charge in [0, 0.05) is 18.3 Å². The van der Waals surface area contributed by atoms with E-state index in [0.29, 0.717) is 40.6 Å². The largest absolute Gasteiger partial charge is 0.468 e. The van der Waals surface area contributed by atoms with Crippen molar-refractivity contribution >= 4 is 51.1 Å². The summed E-state index contributed by atoms with van der Waals surface area (Å²) in [5.74, 6) is -0.383. The number of hydrogen-bond donors (Lipinski definition) is 1. The molecule has 0 saturated carbocycles. The summed E-state index contributed by atoms with van der Waals surface area (Å²) in [6.45, 7) is 2.49. The molecule has 3 aromatic heterocycles. The van der Waals surface area contributed by atoms with Gasteiger partial charge in [0.1, 0.15) is 17.1 Å². The maximum Gasteiger partial charge on any atom is 0.325 e. The number of nitrogens with one attached hydrogen (secondary N) is 1. The predicted molar refractivity (Wildman–Crippen MR) is 122 cm³/mol. The first-order valence-corrected chi connectivity index (χ1v) is 12.0. The Balaban J connectivity index is 1.67. The molecule has 0 saturated heterocycles. The predicted octanol–water partition coefficient (Wildman–Crippen LogP) is 1.39. The van der Waals surface area contributed by atoms with Crippen molar-refractivity contribution in [2.45, 2.75) is 31.6 Å². The third-order valence-corrected chi connectivity index (χ3v) is 7.34. The van der Waals surface area contributed by atoms with Crippen LogP contribution in [0.3, 0.4) is 0 Å². The van der Waals surface area contributed by atoms with Crippen molar-refractivity contribution < 1.29 is 23.5 Å². The normalized spacial score (nSPS) is 13.1. The van der Waals surface area contributed by atoms with Crippen LogP contribution in [0.2, 0.25) is 0 Å². The molecule has 4 rings (SSSR count). The summed E-state index contributed by atoms with van der Waals surface area (Å²) in [7, 11) is 1.24. The number of hydrogen-bond acceptors (Lipinski definition) is 9. The number of aromatic nitrogens is 2. The topological polar surface area (TPSA) is 124 Å². The van der Waals surface area contributed by atoms with Crippen LogP contribution in [-0.4, -0.2) is 58.2 Å². The first-order chi connectivity index (χ1) is 15.9. The molecule has 0 spiro atoms. The molecule has 12 heteroatoms. The first-order valence-electron chi connectivity index (χ1n) is 10.2. The minimum Gasteiger partial charge on any atom is -0.468 e. The Morgan fingerprint density at radius 3 is 2.88 bits per heavy atom. The smallest absolute Gasteiger partial charge is 0.325 e. The van der Waals surface area contributed by atoms with Crippen molar-refractivity contribution in [1.82, 2.24) is 19.8 Å². The van der Waals surface area contributed by atoms with Crippen LogP contribution in [0.5, 0.6) is 0 Å². The zero-order valence-corrected chi connectivity index (χ0v) is 19.7. The summed E-state index contributed by atoms with van der Waals surface area (Å²) in [6, 6.07) is 3.50. The second-order valence-corrected chi connectivity index (χ2v) is 9.41. The van der Waals surface area contributed by atoms with Gasteiger partial charge in [0.05, 0.1) is 37.6 Å². The Labute approximate surface area is 196 Å². The van der Waals surface area contributed by atoms with Crippen LogP contribution in [0.1, 0.15) is 23.1 Å². The molecule has 0 fully saturated rings. The first kappa shape index (κ1) is 23.1. The quantitative estimate of drug-likeness (QED) is 0.299. The van der Waals surface area contributed by atoms with Crippen LogP contribution < -0.4 is 10.9 Å². The molecule has 1 aliphatic heterocycles. The van der Waals surface area contributed by atoms with Crippen molar-refractivity contribution in [3.05, 3.63) is 45.0 Å². The summed E-state index contributed by atoms with van der Waals surface area (Å²) in [6.07, 6.45) is 2.12. The van der Waals surface area contributed by atoms with Crippen molar-refractivity contribution in [2.75, 3.05) is 26.0 Å². The average Bonchev–Trinajstić information content (AvgIpc) is 3.44. The summed E-state index contributed by atoms with van der Waals surface area (Å²) < 4.78 is 11.4. The van der Waals surface area contributed by atoms with Crippen molar-refractivity contribution in [2.24, 2.45) is 0 Å². The standard InChI is InChI=1S/C21H22N4O6S2/c1-12(26)24-6-5-14-15(10-24)33-19-18(14)20(29)25(9-13-4-3-7-31-13)21(23-19)32-11-16(27)22-8-17(28)30-2/h3-4,7H,5-6,8-11H2,1-2H3,(H,22,27). The molecule has 2 amide bonds. The molecule has 0 aromatic carbocycles. The molecule has 0 unspecified atom stereocenters. The maximum absolute atomic E-state index is 13.6. The van der Waals surface area contributed by atoms with Gasteiger partial charge in [-0.05, 0) is 24.1 Å². The molecule has 33 heavy (non-hydrogen) atoms. The molecule has 3 aromatic rings. The van der Waals surface area contributed by atoms with Gasteiger partial charge in [-0.3, -0.25) is 23.7 Å². The Bertz CT molecular complexity index is 1260.